The van der Waals surface area contributed by atoms with Crippen molar-refractivity contribution in [2.24, 2.45) is 0 Å². The van der Waals surface area contributed by atoms with Crippen molar-refractivity contribution in [3.05, 3.63) is 65.5 Å². The fourth-order valence-corrected chi connectivity index (χ4v) is 5.02. The van der Waals surface area contributed by atoms with E-state index < -0.39 is 27.6 Å². The Balaban J connectivity index is 1.84. The van der Waals surface area contributed by atoms with Crippen LogP contribution in [0.25, 0.3) is 0 Å². The molecule has 0 aromatic heterocycles. The standard InChI is InChI=1S/C21H24FNO4S/c1-2-12-27-18-9-7-16(8-10-18)14-23(17-11-13-28(25,26)15-17)21(24)19-5-3-4-6-20(19)22/h3-10,17H,2,11-15H2,1H3. The van der Waals surface area contributed by atoms with Gasteiger partial charge in [-0.25, -0.2) is 12.8 Å². The normalized spacial score (nSPS) is 18.0. The maximum absolute atomic E-state index is 14.2. The van der Waals surface area contributed by atoms with Gasteiger partial charge in [0.1, 0.15) is 11.6 Å². The topological polar surface area (TPSA) is 63.7 Å². The maximum Gasteiger partial charge on any atom is 0.257 e. The van der Waals surface area contributed by atoms with Gasteiger partial charge in [0.25, 0.3) is 5.91 Å². The molecule has 2 aromatic carbocycles. The molecule has 2 aromatic rings. The fraction of sp³-hybridized carbons (Fsp3) is 0.381. The molecule has 1 aliphatic rings. The van der Waals surface area contributed by atoms with Crippen LogP contribution in [0.3, 0.4) is 0 Å². The van der Waals surface area contributed by atoms with E-state index in [1.165, 1.54) is 23.1 Å². The summed E-state index contributed by atoms with van der Waals surface area (Å²) in [5, 5.41) is 0. The number of carbonyl (C=O) groups excluding carboxylic acids is 1. The van der Waals surface area contributed by atoms with Gasteiger partial charge in [0.15, 0.2) is 9.84 Å². The number of carbonyl (C=O) groups is 1. The molecule has 5 nitrogen and oxygen atoms in total. The lowest BCUT2D eigenvalue weighted by atomic mass is 10.1. The SMILES string of the molecule is CCCOc1ccc(CN(C(=O)c2ccccc2F)C2CCS(=O)(=O)C2)cc1. The molecule has 1 saturated heterocycles. The van der Waals surface area contributed by atoms with E-state index in [2.05, 4.69) is 0 Å². The summed E-state index contributed by atoms with van der Waals surface area (Å²) < 4.78 is 43.6. The molecule has 3 rings (SSSR count). The van der Waals surface area contributed by atoms with E-state index in [4.69, 9.17) is 4.74 Å². The fourth-order valence-electron chi connectivity index (χ4n) is 3.28. The number of hydrogen-bond acceptors (Lipinski definition) is 4. The van der Waals surface area contributed by atoms with Gasteiger partial charge in [-0.05, 0) is 42.7 Å². The first kappa shape index (κ1) is 20.3. The van der Waals surface area contributed by atoms with Gasteiger partial charge in [-0.1, -0.05) is 31.2 Å². The molecular weight excluding hydrogens is 381 g/mol. The lowest BCUT2D eigenvalue weighted by molar-refractivity contribution is 0.0676. The van der Waals surface area contributed by atoms with E-state index in [-0.39, 0.29) is 23.6 Å². The van der Waals surface area contributed by atoms with Crippen molar-refractivity contribution in [1.29, 1.82) is 0 Å². The molecule has 0 spiro atoms. The lowest BCUT2D eigenvalue weighted by Gasteiger charge is -2.28. The predicted molar refractivity (Wildman–Crippen MR) is 106 cm³/mol. The van der Waals surface area contributed by atoms with Crippen molar-refractivity contribution in [3.8, 4) is 5.75 Å². The highest BCUT2D eigenvalue weighted by atomic mass is 32.2. The van der Waals surface area contributed by atoms with Crippen molar-refractivity contribution in [2.45, 2.75) is 32.4 Å². The van der Waals surface area contributed by atoms with Crippen molar-refractivity contribution >= 4 is 15.7 Å². The number of rotatable bonds is 7. The van der Waals surface area contributed by atoms with Crippen molar-refractivity contribution in [1.82, 2.24) is 4.90 Å². The lowest BCUT2D eigenvalue weighted by Crippen LogP contribution is -2.41. The molecule has 1 atom stereocenters. The number of amides is 1. The van der Waals surface area contributed by atoms with Crippen molar-refractivity contribution < 1.29 is 22.3 Å². The molecule has 1 fully saturated rings. The van der Waals surface area contributed by atoms with E-state index in [0.29, 0.717) is 13.0 Å². The summed E-state index contributed by atoms with van der Waals surface area (Å²) in [5.74, 6) is -0.415. The van der Waals surface area contributed by atoms with Gasteiger partial charge in [-0.2, -0.15) is 0 Å². The summed E-state index contributed by atoms with van der Waals surface area (Å²) in [4.78, 5) is 14.5. The van der Waals surface area contributed by atoms with Gasteiger partial charge in [0, 0.05) is 12.6 Å². The molecule has 1 amide bonds. The highest BCUT2D eigenvalue weighted by molar-refractivity contribution is 7.91. The third kappa shape index (κ3) is 4.90. The molecule has 0 saturated carbocycles. The van der Waals surface area contributed by atoms with Crippen molar-refractivity contribution in [3.63, 3.8) is 0 Å². The summed E-state index contributed by atoms with van der Waals surface area (Å²) in [7, 11) is -3.18. The monoisotopic (exact) mass is 405 g/mol. The van der Waals surface area contributed by atoms with Crippen LogP contribution in [0, 0.1) is 5.82 Å². The highest BCUT2D eigenvalue weighted by Crippen LogP contribution is 2.24. The molecule has 1 unspecified atom stereocenters. The minimum atomic E-state index is -3.18. The average molecular weight is 405 g/mol. The summed E-state index contributed by atoms with van der Waals surface area (Å²) in [6.07, 6.45) is 1.27. The smallest absolute Gasteiger partial charge is 0.257 e. The molecule has 1 aliphatic heterocycles. The molecule has 0 bridgehead atoms. The van der Waals surface area contributed by atoms with Gasteiger partial charge in [-0.15, -0.1) is 0 Å². The second-order valence-electron chi connectivity index (χ2n) is 6.96. The molecular formula is C21H24FNO4S. The minimum Gasteiger partial charge on any atom is -0.494 e. The van der Waals surface area contributed by atoms with Crippen LogP contribution < -0.4 is 4.74 Å². The van der Waals surface area contributed by atoms with Gasteiger partial charge in [0.05, 0.1) is 23.7 Å². The number of nitrogens with zero attached hydrogens (tertiary/aromatic N) is 1. The quantitative estimate of drug-likeness (QED) is 0.708. The molecule has 1 heterocycles. The van der Waals surface area contributed by atoms with Gasteiger partial charge in [0.2, 0.25) is 0 Å². The Morgan fingerprint density at radius 3 is 2.50 bits per heavy atom. The largest absolute Gasteiger partial charge is 0.494 e. The van der Waals surface area contributed by atoms with Crippen LogP contribution in [0.1, 0.15) is 35.7 Å². The minimum absolute atomic E-state index is 0.0442. The zero-order valence-corrected chi connectivity index (χ0v) is 16.6. The molecule has 0 N–H and O–H groups in total. The van der Waals surface area contributed by atoms with E-state index in [9.17, 15) is 17.6 Å². The van der Waals surface area contributed by atoms with E-state index in [0.717, 1.165) is 17.7 Å². The molecule has 0 radical (unpaired) electrons. The number of benzene rings is 2. The van der Waals surface area contributed by atoms with Crippen molar-refractivity contribution in [2.75, 3.05) is 18.1 Å². The van der Waals surface area contributed by atoms with E-state index >= 15 is 0 Å². The van der Waals surface area contributed by atoms with Crippen LogP contribution in [0.5, 0.6) is 5.75 Å². The number of hydrogen-bond donors (Lipinski definition) is 0. The first-order valence-electron chi connectivity index (χ1n) is 9.37. The Hall–Kier alpha value is -2.41. The van der Waals surface area contributed by atoms with Crippen LogP contribution in [0.2, 0.25) is 0 Å². The van der Waals surface area contributed by atoms with Crippen LogP contribution in [0.4, 0.5) is 4.39 Å². The van der Waals surface area contributed by atoms with Crippen LogP contribution >= 0.6 is 0 Å². The van der Waals surface area contributed by atoms with Crippen LogP contribution in [-0.4, -0.2) is 43.4 Å². The first-order valence-corrected chi connectivity index (χ1v) is 11.2. The summed E-state index contributed by atoms with van der Waals surface area (Å²) in [6.45, 7) is 2.86. The van der Waals surface area contributed by atoms with Gasteiger partial charge < -0.3 is 9.64 Å². The second kappa shape index (κ2) is 8.73. The number of ether oxygens (including phenoxy) is 1. The Morgan fingerprint density at radius 1 is 1.18 bits per heavy atom. The first-order chi connectivity index (χ1) is 13.4. The molecule has 150 valence electrons. The third-order valence-electron chi connectivity index (χ3n) is 4.76. The number of halogens is 1. The number of sulfone groups is 1. The zero-order chi connectivity index (χ0) is 20.1. The Labute approximate surface area is 165 Å². The summed E-state index contributed by atoms with van der Waals surface area (Å²) in [5.41, 5.74) is 0.785. The molecule has 7 heteroatoms. The Morgan fingerprint density at radius 2 is 1.89 bits per heavy atom. The zero-order valence-electron chi connectivity index (χ0n) is 15.8. The maximum atomic E-state index is 14.2. The molecule has 28 heavy (non-hydrogen) atoms. The van der Waals surface area contributed by atoms with E-state index in [1.807, 2.05) is 31.2 Å². The summed E-state index contributed by atoms with van der Waals surface area (Å²) >= 11 is 0. The third-order valence-corrected chi connectivity index (χ3v) is 6.51. The highest BCUT2D eigenvalue weighted by Gasteiger charge is 2.35. The average Bonchev–Trinajstić information content (AvgIpc) is 3.04. The van der Waals surface area contributed by atoms with Crippen LogP contribution in [0.15, 0.2) is 48.5 Å². The second-order valence-corrected chi connectivity index (χ2v) is 9.19. The molecule has 0 aliphatic carbocycles. The summed E-state index contributed by atoms with van der Waals surface area (Å²) in [6, 6.07) is 12.6. The predicted octanol–water partition coefficient (Wildman–Crippen LogP) is 3.44. The van der Waals surface area contributed by atoms with E-state index in [1.54, 1.807) is 6.07 Å². The van der Waals surface area contributed by atoms with Gasteiger partial charge >= 0.3 is 0 Å². The Bertz CT molecular complexity index is 928. The van der Waals surface area contributed by atoms with Gasteiger partial charge in [-0.3, -0.25) is 4.79 Å². The van der Waals surface area contributed by atoms with Crippen LogP contribution in [-0.2, 0) is 16.4 Å². The Kier molecular flexibility index (Phi) is 6.34.